The van der Waals surface area contributed by atoms with Crippen LogP contribution in [0.3, 0.4) is 0 Å². The van der Waals surface area contributed by atoms with Crippen molar-refractivity contribution in [2.24, 2.45) is 0 Å². The molecule has 0 atom stereocenters. The van der Waals surface area contributed by atoms with E-state index < -0.39 is 11.9 Å². The molecule has 74 valence electrons. The maximum Gasteiger partial charge on any atom is 0.357 e. The number of hydrogen-bond donors (Lipinski definition) is 2. The third kappa shape index (κ3) is 1.63. The number of esters is 1. The number of nitrogens with two attached hydrogens (primary N) is 1. The van der Waals surface area contributed by atoms with Gasteiger partial charge in [-0.15, -0.1) is 0 Å². The van der Waals surface area contributed by atoms with Crippen molar-refractivity contribution in [3.05, 3.63) is 23.5 Å². The van der Waals surface area contributed by atoms with E-state index in [1.807, 2.05) is 0 Å². The Balaban J connectivity index is 3.35. The second kappa shape index (κ2) is 3.73. The first-order valence-electron chi connectivity index (χ1n) is 3.64. The average molecular weight is 196 g/mol. The van der Waals surface area contributed by atoms with Gasteiger partial charge in [0.2, 0.25) is 0 Å². The molecule has 6 nitrogen and oxygen atoms in total. The summed E-state index contributed by atoms with van der Waals surface area (Å²) in [6, 6.07) is 1.30. The lowest BCUT2D eigenvalue weighted by molar-refractivity contribution is 0.0576. The van der Waals surface area contributed by atoms with Gasteiger partial charge in [0.05, 0.1) is 12.8 Å². The van der Waals surface area contributed by atoms with Crippen molar-refractivity contribution in [3.8, 4) is 0 Å². The molecule has 0 bridgehead atoms. The van der Waals surface area contributed by atoms with E-state index in [1.165, 1.54) is 12.3 Å². The van der Waals surface area contributed by atoms with Gasteiger partial charge in [0.15, 0.2) is 5.69 Å². The van der Waals surface area contributed by atoms with Crippen molar-refractivity contribution in [1.29, 1.82) is 0 Å². The molecule has 0 fully saturated rings. The molecule has 1 aromatic rings. The van der Waals surface area contributed by atoms with Crippen LogP contribution in [0, 0.1) is 0 Å². The molecule has 0 unspecified atom stereocenters. The lowest BCUT2D eigenvalue weighted by Gasteiger charge is -2.04. The summed E-state index contributed by atoms with van der Waals surface area (Å²) in [5.74, 6) is -2.13. The maximum atomic E-state index is 11.1. The fourth-order valence-corrected chi connectivity index (χ4v) is 0.953. The number of hydrogen-bond acceptors (Lipinski definition) is 5. The number of aromatic nitrogens is 1. The highest BCUT2D eigenvalue weighted by Crippen LogP contribution is 2.15. The van der Waals surface area contributed by atoms with Crippen molar-refractivity contribution >= 4 is 17.6 Å². The van der Waals surface area contributed by atoms with E-state index in [4.69, 9.17) is 10.8 Å². The zero-order valence-corrected chi connectivity index (χ0v) is 7.35. The van der Waals surface area contributed by atoms with Crippen LogP contribution in [-0.2, 0) is 4.74 Å². The number of anilines is 1. The number of ether oxygens (including phenoxy) is 1. The molecule has 0 saturated carbocycles. The Labute approximate surface area is 79.3 Å². The summed E-state index contributed by atoms with van der Waals surface area (Å²) in [6.45, 7) is 0. The quantitative estimate of drug-likeness (QED) is 0.652. The molecule has 0 spiro atoms. The van der Waals surface area contributed by atoms with Crippen molar-refractivity contribution in [3.63, 3.8) is 0 Å². The van der Waals surface area contributed by atoms with Crippen LogP contribution < -0.4 is 5.73 Å². The minimum absolute atomic E-state index is 0.0205. The Morgan fingerprint density at radius 1 is 1.57 bits per heavy atom. The number of aromatic carboxylic acids is 1. The van der Waals surface area contributed by atoms with E-state index in [1.54, 1.807) is 0 Å². The zero-order chi connectivity index (χ0) is 10.7. The normalized spacial score (nSPS) is 9.50. The van der Waals surface area contributed by atoms with Crippen LogP contribution >= 0.6 is 0 Å². The Morgan fingerprint density at radius 2 is 2.21 bits per heavy atom. The molecular weight excluding hydrogens is 188 g/mol. The highest BCUT2D eigenvalue weighted by molar-refractivity contribution is 6.04. The van der Waals surface area contributed by atoms with Crippen LogP contribution in [0.25, 0.3) is 0 Å². The largest absolute Gasteiger partial charge is 0.478 e. The van der Waals surface area contributed by atoms with Gasteiger partial charge in [0.25, 0.3) is 0 Å². The second-order valence-corrected chi connectivity index (χ2v) is 2.42. The molecule has 1 aromatic heterocycles. The number of methoxy groups -OCH3 is 1. The Kier molecular flexibility index (Phi) is 2.66. The third-order valence-corrected chi connectivity index (χ3v) is 1.58. The molecule has 0 radical (unpaired) electrons. The van der Waals surface area contributed by atoms with Gasteiger partial charge in [0, 0.05) is 6.20 Å². The monoisotopic (exact) mass is 196 g/mol. The van der Waals surface area contributed by atoms with Crippen LogP contribution in [0.5, 0.6) is 0 Å². The number of carboxylic acid groups (broad SMARTS) is 1. The molecule has 0 saturated heterocycles. The number of rotatable bonds is 2. The van der Waals surface area contributed by atoms with Gasteiger partial charge in [-0.05, 0) is 6.07 Å². The first-order chi connectivity index (χ1) is 6.57. The topological polar surface area (TPSA) is 103 Å². The van der Waals surface area contributed by atoms with Gasteiger partial charge in [-0.3, -0.25) is 0 Å². The lowest BCUT2D eigenvalue weighted by atomic mass is 10.1. The fourth-order valence-electron chi connectivity index (χ4n) is 0.953. The van der Waals surface area contributed by atoms with E-state index in [-0.39, 0.29) is 16.9 Å². The highest BCUT2D eigenvalue weighted by Gasteiger charge is 2.21. The van der Waals surface area contributed by atoms with E-state index in [0.29, 0.717) is 0 Å². The SMILES string of the molecule is COC(=O)c1nccc(N)c1C(=O)O. The smallest absolute Gasteiger partial charge is 0.357 e. The van der Waals surface area contributed by atoms with Gasteiger partial charge >= 0.3 is 11.9 Å². The summed E-state index contributed by atoms with van der Waals surface area (Å²) in [7, 11) is 1.14. The molecule has 3 N–H and O–H groups in total. The predicted octanol–water partition coefficient (Wildman–Crippen LogP) is 0.149. The number of carbonyl (C=O) groups is 2. The average Bonchev–Trinajstić information content (AvgIpc) is 2.15. The van der Waals surface area contributed by atoms with E-state index in [2.05, 4.69) is 9.72 Å². The predicted molar refractivity (Wildman–Crippen MR) is 46.9 cm³/mol. The van der Waals surface area contributed by atoms with Crippen LogP contribution in [0.1, 0.15) is 20.8 Å². The van der Waals surface area contributed by atoms with Gasteiger partial charge in [-0.1, -0.05) is 0 Å². The van der Waals surface area contributed by atoms with Crippen molar-refractivity contribution in [1.82, 2.24) is 4.98 Å². The van der Waals surface area contributed by atoms with Crippen LogP contribution in [0.15, 0.2) is 12.3 Å². The molecule has 0 amide bonds. The first kappa shape index (κ1) is 9.97. The number of carboxylic acids is 1. The fraction of sp³-hybridized carbons (Fsp3) is 0.125. The third-order valence-electron chi connectivity index (χ3n) is 1.58. The summed E-state index contributed by atoms with van der Waals surface area (Å²) in [4.78, 5) is 25.4. The molecule has 14 heavy (non-hydrogen) atoms. The van der Waals surface area contributed by atoms with E-state index in [0.717, 1.165) is 7.11 Å². The standard InChI is InChI=1S/C8H8N2O4/c1-14-8(13)6-5(7(11)12)4(9)2-3-10-6/h2-3H,1H3,(H2,9,10)(H,11,12). The zero-order valence-electron chi connectivity index (χ0n) is 7.35. The number of nitrogens with zero attached hydrogens (tertiary/aromatic N) is 1. The molecule has 6 heteroatoms. The molecule has 0 aliphatic heterocycles. The molecule has 1 rings (SSSR count). The van der Waals surface area contributed by atoms with Gasteiger partial charge in [0.1, 0.15) is 5.56 Å². The van der Waals surface area contributed by atoms with Crippen molar-refractivity contribution < 1.29 is 19.4 Å². The maximum absolute atomic E-state index is 11.1. The summed E-state index contributed by atoms with van der Waals surface area (Å²) >= 11 is 0. The summed E-state index contributed by atoms with van der Waals surface area (Å²) in [5, 5.41) is 8.76. The van der Waals surface area contributed by atoms with Crippen LogP contribution in [0.2, 0.25) is 0 Å². The van der Waals surface area contributed by atoms with Gasteiger partial charge in [-0.25, -0.2) is 14.6 Å². The van der Waals surface area contributed by atoms with Crippen molar-refractivity contribution in [2.45, 2.75) is 0 Å². The lowest BCUT2D eigenvalue weighted by Crippen LogP contribution is -2.14. The summed E-state index contributed by atoms with van der Waals surface area (Å²) in [5.41, 5.74) is 4.74. The first-order valence-corrected chi connectivity index (χ1v) is 3.64. The van der Waals surface area contributed by atoms with Crippen LogP contribution in [-0.4, -0.2) is 29.1 Å². The van der Waals surface area contributed by atoms with Crippen molar-refractivity contribution in [2.75, 3.05) is 12.8 Å². The summed E-state index contributed by atoms with van der Waals surface area (Å²) in [6.07, 6.45) is 1.24. The molecule has 0 aromatic carbocycles. The Bertz CT molecular complexity index is 389. The van der Waals surface area contributed by atoms with Gasteiger partial charge in [-0.2, -0.15) is 0 Å². The number of carbonyl (C=O) groups excluding carboxylic acids is 1. The number of pyridine rings is 1. The number of nitrogen functional groups attached to an aromatic ring is 1. The van der Waals surface area contributed by atoms with Crippen LogP contribution in [0.4, 0.5) is 5.69 Å². The second-order valence-electron chi connectivity index (χ2n) is 2.42. The minimum atomic E-state index is -1.31. The molecule has 0 aliphatic carbocycles. The Hall–Kier alpha value is -2.11. The molecule has 1 heterocycles. The highest BCUT2D eigenvalue weighted by atomic mass is 16.5. The molecule has 0 aliphatic rings. The summed E-state index contributed by atoms with van der Waals surface area (Å²) < 4.78 is 4.36. The van der Waals surface area contributed by atoms with E-state index in [9.17, 15) is 9.59 Å². The van der Waals surface area contributed by atoms with E-state index >= 15 is 0 Å². The molecular formula is C8H8N2O4. The Morgan fingerprint density at radius 3 is 2.71 bits per heavy atom. The van der Waals surface area contributed by atoms with Gasteiger partial charge < -0.3 is 15.6 Å². The minimum Gasteiger partial charge on any atom is -0.478 e.